The number of hydrogen-bond donors (Lipinski definition) is 0. The summed E-state index contributed by atoms with van der Waals surface area (Å²) in [5, 5.41) is 0. The molecule has 0 aromatic heterocycles. The molecule has 1 aliphatic carbocycles. The van der Waals surface area contributed by atoms with Crippen molar-refractivity contribution in [2.75, 3.05) is 7.11 Å². The number of rotatable bonds is 1. The average Bonchev–Trinajstić information content (AvgIpc) is 2.33. The van der Waals surface area contributed by atoms with E-state index in [4.69, 9.17) is 4.74 Å². The zero-order valence-corrected chi connectivity index (χ0v) is 9.10. The van der Waals surface area contributed by atoms with Gasteiger partial charge in [0.25, 0.3) is 0 Å². The number of ether oxygens (including phenoxy) is 1. The first-order chi connectivity index (χ1) is 5.83. The molecule has 0 heterocycles. The van der Waals surface area contributed by atoms with Crippen LogP contribution in [0, 0.1) is 5.92 Å². The molecule has 0 bridgehead atoms. The van der Waals surface area contributed by atoms with Gasteiger partial charge in [-0.15, -0.1) is 0 Å². The molecule has 0 amide bonds. The molecule has 0 aromatic rings. The second kappa shape index (κ2) is 7.60. The van der Waals surface area contributed by atoms with Crippen molar-refractivity contribution in [1.82, 2.24) is 0 Å². The van der Waals surface area contributed by atoms with E-state index in [1.165, 1.54) is 32.1 Å². The third-order valence-corrected chi connectivity index (χ3v) is 2.54. The molecule has 1 rings (SSSR count). The Balaban J connectivity index is 0.000000561. The summed E-state index contributed by atoms with van der Waals surface area (Å²) in [4.78, 5) is 0. The van der Waals surface area contributed by atoms with Crippen LogP contribution in [-0.2, 0) is 4.74 Å². The van der Waals surface area contributed by atoms with E-state index in [2.05, 4.69) is 6.92 Å². The van der Waals surface area contributed by atoms with Gasteiger partial charge in [0.15, 0.2) is 0 Å². The van der Waals surface area contributed by atoms with Crippen LogP contribution in [0.25, 0.3) is 0 Å². The van der Waals surface area contributed by atoms with E-state index in [-0.39, 0.29) is 0 Å². The molecule has 0 N–H and O–H groups in total. The molecule has 0 radical (unpaired) electrons. The van der Waals surface area contributed by atoms with Crippen LogP contribution in [0.3, 0.4) is 0 Å². The lowest BCUT2D eigenvalue weighted by atomic mass is 10.0. The fraction of sp³-hybridized carbons (Fsp3) is 1.00. The highest BCUT2D eigenvalue weighted by atomic mass is 16.5. The van der Waals surface area contributed by atoms with E-state index >= 15 is 0 Å². The molecule has 12 heavy (non-hydrogen) atoms. The normalized spacial score (nSPS) is 30.0. The summed E-state index contributed by atoms with van der Waals surface area (Å²) in [6.07, 6.45) is 7.24. The predicted octanol–water partition coefficient (Wildman–Crippen LogP) is 3.63. The second-order valence-electron chi connectivity index (χ2n) is 3.47. The Morgan fingerprint density at radius 3 is 2.25 bits per heavy atom. The first-order valence-corrected chi connectivity index (χ1v) is 5.35. The van der Waals surface area contributed by atoms with E-state index in [0.29, 0.717) is 6.10 Å². The monoisotopic (exact) mass is 172 g/mol. The summed E-state index contributed by atoms with van der Waals surface area (Å²) in [5.41, 5.74) is 0. The molecular formula is C11H24O. The molecule has 0 spiro atoms. The quantitative estimate of drug-likeness (QED) is 0.549. The Hall–Kier alpha value is -0.0400. The van der Waals surface area contributed by atoms with Gasteiger partial charge in [0.05, 0.1) is 6.10 Å². The van der Waals surface area contributed by atoms with Crippen LogP contribution in [-0.4, -0.2) is 13.2 Å². The Labute approximate surface area is 77.5 Å². The summed E-state index contributed by atoms with van der Waals surface area (Å²) in [6.45, 7) is 6.35. The average molecular weight is 172 g/mol. The van der Waals surface area contributed by atoms with Gasteiger partial charge in [0, 0.05) is 7.11 Å². The summed E-state index contributed by atoms with van der Waals surface area (Å²) >= 11 is 0. The van der Waals surface area contributed by atoms with Crippen molar-refractivity contribution in [2.24, 2.45) is 5.92 Å². The molecule has 1 heteroatoms. The second-order valence-corrected chi connectivity index (χ2v) is 3.47. The zero-order valence-electron chi connectivity index (χ0n) is 9.10. The van der Waals surface area contributed by atoms with Crippen molar-refractivity contribution in [3.05, 3.63) is 0 Å². The third-order valence-electron chi connectivity index (χ3n) is 2.54. The van der Waals surface area contributed by atoms with E-state index < -0.39 is 0 Å². The predicted molar refractivity (Wildman–Crippen MR) is 54.4 cm³/mol. The Morgan fingerprint density at radius 1 is 1.00 bits per heavy atom. The largest absolute Gasteiger partial charge is 0.381 e. The first-order valence-electron chi connectivity index (χ1n) is 5.35. The van der Waals surface area contributed by atoms with Crippen molar-refractivity contribution >= 4 is 0 Å². The van der Waals surface area contributed by atoms with Crippen LogP contribution in [0.1, 0.15) is 52.9 Å². The fourth-order valence-electron chi connectivity index (χ4n) is 1.69. The molecule has 2 atom stereocenters. The van der Waals surface area contributed by atoms with Gasteiger partial charge in [0.2, 0.25) is 0 Å². The van der Waals surface area contributed by atoms with Crippen molar-refractivity contribution in [1.29, 1.82) is 0 Å². The maximum Gasteiger partial charge on any atom is 0.0571 e. The highest BCUT2D eigenvalue weighted by Crippen LogP contribution is 2.23. The number of hydrogen-bond acceptors (Lipinski definition) is 1. The minimum absolute atomic E-state index is 0.560. The van der Waals surface area contributed by atoms with Crippen molar-refractivity contribution in [3.8, 4) is 0 Å². The van der Waals surface area contributed by atoms with E-state index in [0.717, 1.165) is 5.92 Å². The van der Waals surface area contributed by atoms with Gasteiger partial charge in [-0.3, -0.25) is 0 Å². The molecule has 0 aromatic carbocycles. The van der Waals surface area contributed by atoms with Crippen LogP contribution < -0.4 is 0 Å². The Bertz CT molecular complexity index is 91.0. The van der Waals surface area contributed by atoms with Gasteiger partial charge in [-0.05, 0) is 25.2 Å². The van der Waals surface area contributed by atoms with Gasteiger partial charge in [-0.25, -0.2) is 0 Å². The van der Waals surface area contributed by atoms with Crippen molar-refractivity contribution < 1.29 is 4.74 Å². The highest BCUT2D eigenvalue weighted by molar-refractivity contribution is 4.67. The molecule has 74 valence electrons. The lowest BCUT2D eigenvalue weighted by molar-refractivity contribution is 0.0892. The van der Waals surface area contributed by atoms with E-state index in [1.807, 2.05) is 21.0 Å². The van der Waals surface area contributed by atoms with Crippen LogP contribution in [0.15, 0.2) is 0 Å². The maximum atomic E-state index is 5.32. The lowest BCUT2D eigenvalue weighted by Gasteiger charge is -2.10. The minimum atomic E-state index is 0.560. The zero-order chi connectivity index (χ0) is 9.40. The molecule has 0 aliphatic heterocycles. The SMILES string of the molecule is CC.COC1CCCC(C)CC1. The van der Waals surface area contributed by atoms with E-state index in [1.54, 1.807) is 0 Å². The molecule has 1 aliphatic rings. The van der Waals surface area contributed by atoms with Crippen LogP contribution >= 0.6 is 0 Å². The topological polar surface area (TPSA) is 9.23 Å². The van der Waals surface area contributed by atoms with Gasteiger partial charge in [0.1, 0.15) is 0 Å². The summed E-state index contributed by atoms with van der Waals surface area (Å²) in [7, 11) is 1.83. The van der Waals surface area contributed by atoms with Crippen LogP contribution in [0.4, 0.5) is 0 Å². The highest BCUT2D eigenvalue weighted by Gasteiger charge is 2.14. The Kier molecular flexibility index (Phi) is 7.58. The van der Waals surface area contributed by atoms with Gasteiger partial charge in [-0.1, -0.05) is 33.6 Å². The third kappa shape index (κ3) is 4.76. The lowest BCUT2D eigenvalue weighted by Crippen LogP contribution is -2.07. The summed E-state index contributed by atoms with van der Waals surface area (Å²) in [6, 6.07) is 0. The molecule has 2 unspecified atom stereocenters. The molecule has 0 saturated heterocycles. The maximum absolute atomic E-state index is 5.32. The van der Waals surface area contributed by atoms with Crippen molar-refractivity contribution in [3.63, 3.8) is 0 Å². The van der Waals surface area contributed by atoms with Gasteiger partial charge < -0.3 is 4.74 Å². The minimum Gasteiger partial charge on any atom is -0.381 e. The Morgan fingerprint density at radius 2 is 1.67 bits per heavy atom. The standard InChI is InChI=1S/C9H18O.C2H6/c1-8-4-3-5-9(10-2)7-6-8;1-2/h8-9H,3-7H2,1-2H3;1-2H3. The molecule has 1 saturated carbocycles. The number of methoxy groups -OCH3 is 1. The molecule has 1 nitrogen and oxygen atoms in total. The molecule has 1 fully saturated rings. The van der Waals surface area contributed by atoms with Crippen LogP contribution in [0.5, 0.6) is 0 Å². The van der Waals surface area contributed by atoms with Crippen LogP contribution in [0.2, 0.25) is 0 Å². The van der Waals surface area contributed by atoms with Gasteiger partial charge >= 0.3 is 0 Å². The smallest absolute Gasteiger partial charge is 0.0571 e. The fourth-order valence-corrected chi connectivity index (χ4v) is 1.69. The first kappa shape index (κ1) is 12.0. The van der Waals surface area contributed by atoms with E-state index in [9.17, 15) is 0 Å². The van der Waals surface area contributed by atoms with Crippen molar-refractivity contribution in [2.45, 2.75) is 59.0 Å². The summed E-state index contributed by atoms with van der Waals surface area (Å²) < 4.78 is 5.32. The molecular weight excluding hydrogens is 148 g/mol. The summed E-state index contributed by atoms with van der Waals surface area (Å²) in [5.74, 6) is 0.931. The van der Waals surface area contributed by atoms with Gasteiger partial charge in [-0.2, -0.15) is 0 Å².